The molecule has 2 aliphatic heterocycles. The molecule has 4 N–H and O–H groups in total. The Morgan fingerprint density at radius 2 is 1.47 bits per heavy atom. The Kier molecular flexibility index (Phi) is 13.3. The number of hydrogen-bond donors (Lipinski definition) is 4. The van der Waals surface area contributed by atoms with Crippen LogP contribution in [-0.2, 0) is 36.8 Å². The van der Waals surface area contributed by atoms with Crippen molar-refractivity contribution < 1.29 is 44.1 Å². The fraction of sp³-hybridized carbons (Fsp3) is 0.362. The predicted octanol–water partition coefficient (Wildman–Crippen LogP) is 6.65. The molecule has 1 fully saturated rings. The van der Waals surface area contributed by atoms with Crippen molar-refractivity contribution in [2.24, 2.45) is 5.92 Å². The maximum Gasteiger partial charge on any atom is 0.326 e. The zero-order valence-corrected chi connectivity index (χ0v) is 33.6. The molecule has 12 heteroatoms. The number of nitrogens with zero attached hydrogens (tertiary/aromatic N) is 2. The van der Waals surface area contributed by atoms with Gasteiger partial charge in [-0.15, -0.1) is 0 Å². The second-order valence-corrected chi connectivity index (χ2v) is 15.7. The van der Waals surface area contributed by atoms with Crippen molar-refractivity contribution in [1.82, 2.24) is 15.1 Å². The maximum absolute atomic E-state index is 14.3. The number of carbonyl (C=O) groups excluding carboxylic acids is 5. The number of hydrogen-bond acceptors (Lipinski definition) is 8. The highest BCUT2D eigenvalue weighted by Crippen LogP contribution is 2.39. The monoisotopic (exact) mass is 801 g/mol. The first-order valence-electron chi connectivity index (χ1n) is 20.3. The number of benzene rings is 4. The molecule has 4 bridgehead atoms. The number of phenolic OH excluding ortho intramolecular Hbond substituents is 2. The Labute approximate surface area is 343 Å². The molecule has 3 amide bonds. The van der Waals surface area contributed by atoms with Gasteiger partial charge in [-0.2, -0.15) is 0 Å². The number of Topliss-reactive ketones (excluding diaryl/α,β-unsaturated/α-hetero) is 2. The third-order valence-electron chi connectivity index (χ3n) is 11.4. The summed E-state index contributed by atoms with van der Waals surface area (Å²) in [5.41, 5.74) is 5.01. The Hall–Kier alpha value is -6.30. The van der Waals surface area contributed by atoms with Crippen LogP contribution in [0.1, 0.15) is 91.9 Å². The number of nitrogens with one attached hydrogen (secondary N) is 1. The average molecular weight is 802 g/mol. The van der Waals surface area contributed by atoms with Crippen LogP contribution >= 0.6 is 0 Å². The van der Waals surface area contributed by atoms with E-state index in [1.54, 1.807) is 12.1 Å². The molecule has 2 heterocycles. The SMILES string of the molecule is CCCc1ccc(-c2ccc(C(=O)CCCC(=O)N3CCC[C@H]3C(=O)N(C)[C@@H]3C(=O)C[C@@H](C)C(=O)N[C@H](C(=O)O)Cc4ccc(O)c(c4)-c4cc3ccc4O)cc2)cc1. The van der Waals surface area contributed by atoms with Crippen LogP contribution in [0.3, 0.4) is 0 Å². The van der Waals surface area contributed by atoms with Crippen molar-refractivity contribution in [3.05, 3.63) is 107 Å². The van der Waals surface area contributed by atoms with Crippen molar-refractivity contribution in [1.29, 1.82) is 0 Å². The molecule has 0 spiro atoms. The van der Waals surface area contributed by atoms with Gasteiger partial charge in [-0.05, 0) is 77.8 Å². The lowest BCUT2D eigenvalue weighted by atomic mass is 9.89. The minimum absolute atomic E-state index is 0.0532. The van der Waals surface area contributed by atoms with E-state index < -0.39 is 47.6 Å². The van der Waals surface area contributed by atoms with Crippen LogP contribution in [0, 0.1) is 5.92 Å². The van der Waals surface area contributed by atoms with E-state index in [0.29, 0.717) is 42.5 Å². The first-order chi connectivity index (χ1) is 28.2. The highest BCUT2D eigenvalue weighted by atomic mass is 16.4. The van der Waals surface area contributed by atoms with Crippen LogP contribution in [0.5, 0.6) is 11.5 Å². The third kappa shape index (κ3) is 9.71. The summed E-state index contributed by atoms with van der Waals surface area (Å²) in [6.07, 6.45) is 3.05. The van der Waals surface area contributed by atoms with Gasteiger partial charge in [0.05, 0.1) is 0 Å². The number of fused-ring (bicyclic) bond motifs is 5. The maximum atomic E-state index is 14.3. The number of rotatable bonds is 11. The number of carboxylic acid groups (broad SMARTS) is 1. The van der Waals surface area contributed by atoms with Crippen LogP contribution < -0.4 is 5.32 Å². The molecule has 0 saturated carbocycles. The Balaban J connectivity index is 1.17. The van der Waals surface area contributed by atoms with E-state index in [9.17, 15) is 44.1 Å². The molecule has 59 heavy (non-hydrogen) atoms. The number of amides is 3. The molecule has 4 aromatic rings. The number of carbonyl (C=O) groups is 6. The number of aliphatic carboxylic acids is 1. The second kappa shape index (κ2) is 18.5. The minimum Gasteiger partial charge on any atom is -0.507 e. The normalized spacial score (nSPS) is 19.4. The fourth-order valence-electron chi connectivity index (χ4n) is 8.12. The summed E-state index contributed by atoms with van der Waals surface area (Å²) in [5, 5.41) is 34.2. The number of likely N-dealkylation sites (tertiary alicyclic amines) is 1. The topological polar surface area (TPSA) is 182 Å². The first kappa shape index (κ1) is 42.3. The van der Waals surface area contributed by atoms with Gasteiger partial charge in [-0.3, -0.25) is 24.0 Å². The summed E-state index contributed by atoms with van der Waals surface area (Å²) >= 11 is 0. The molecular formula is C47H51N3O9. The van der Waals surface area contributed by atoms with E-state index in [4.69, 9.17) is 0 Å². The van der Waals surface area contributed by atoms with Gasteiger partial charge in [0, 0.05) is 61.9 Å². The van der Waals surface area contributed by atoms with E-state index >= 15 is 0 Å². The largest absolute Gasteiger partial charge is 0.507 e. The molecule has 0 unspecified atom stereocenters. The minimum atomic E-state index is -1.34. The van der Waals surface area contributed by atoms with Crippen molar-refractivity contribution in [3.8, 4) is 33.8 Å². The molecule has 2 aliphatic rings. The number of aromatic hydroxyl groups is 2. The van der Waals surface area contributed by atoms with E-state index in [1.165, 1.54) is 65.7 Å². The second-order valence-electron chi connectivity index (χ2n) is 15.7. The lowest BCUT2D eigenvalue weighted by molar-refractivity contribution is -0.147. The van der Waals surface area contributed by atoms with Crippen molar-refractivity contribution in [2.45, 2.75) is 89.8 Å². The van der Waals surface area contributed by atoms with Crippen molar-refractivity contribution in [3.63, 3.8) is 0 Å². The summed E-state index contributed by atoms with van der Waals surface area (Å²) in [4.78, 5) is 83.4. The van der Waals surface area contributed by atoms with Crippen molar-refractivity contribution in [2.75, 3.05) is 13.6 Å². The zero-order valence-electron chi connectivity index (χ0n) is 33.6. The predicted molar refractivity (Wildman–Crippen MR) is 222 cm³/mol. The van der Waals surface area contributed by atoms with Crippen LogP contribution in [0.25, 0.3) is 22.3 Å². The van der Waals surface area contributed by atoms with Gasteiger partial charge in [-0.25, -0.2) is 4.79 Å². The van der Waals surface area contributed by atoms with Crippen LogP contribution in [0.15, 0.2) is 84.9 Å². The van der Waals surface area contributed by atoms with Gasteiger partial charge in [-0.1, -0.05) is 80.9 Å². The van der Waals surface area contributed by atoms with Crippen molar-refractivity contribution >= 4 is 35.3 Å². The molecule has 4 atom stereocenters. The molecule has 0 aliphatic carbocycles. The third-order valence-corrected chi connectivity index (χ3v) is 11.4. The number of aryl methyl sites for hydroxylation is 1. The molecule has 1 saturated heterocycles. The Bertz CT molecular complexity index is 2230. The highest BCUT2D eigenvalue weighted by Gasteiger charge is 2.40. The summed E-state index contributed by atoms with van der Waals surface area (Å²) < 4.78 is 0. The lowest BCUT2D eigenvalue weighted by Gasteiger charge is -2.33. The molecule has 0 aromatic heterocycles. The summed E-state index contributed by atoms with van der Waals surface area (Å²) in [6, 6.07) is 21.1. The average Bonchev–Trinajstić information content (AvgIpc) is 3.72. The molecule has 0 radical (unpaired) electrons. The number of ketones is 2. The molecule has 308 valence electrons. The van der Waals surface area contributed by atoms with E-state index in [1.807, 2.05) is 12.1 Å². The van der Waals surface area contributed by atoms with E-state index in [0.717, 1.165) is 24.0 Å². The summed E-state index contributed by atoms with van der Waals surface area (Å²) in [5.74, 6) is -4.71. The highest BCUT2D eigenvalue weighted by molar-refractivity contribution is 5.98. The van der Waals surface area contributed by atoms with Gasteiger partial charge in [0.15, 0.2) is 11.6 Å². The van der Waals surface area contributed by atoms with Gasteiger partial charge in [0.2, 0.25) is 17.7 Å². The smallest absolute Gasteiger partial charge is 0.326 e. The molecule has 12 nitrogen and oxygen atoms in total. The van der Waals surface area contributed by atoms with Crippen LogP contribution in [-0.4, -0.2) is 86.1 Å². The first-order valence-corrected chi connectivity index (χ1v) is 20.3. The number of likely N-dealkylation sites (N-methyl/N-ethyl adjacent to an activating group) is 1. The van der Waals surface area contributed by atoms with Crippen LogP contribution in [0.2, 0.25) is 0 Å². The summed E-state index contributed by atoms with van der Waals surface area (Å²) in [7, 11) is 1.45. The van der Waals surface area contributed by atoms with Gasteiger partial charge in [0.1, 0.15) is 29.6 Å². The quantitative estimate of drug-likeness (QED) is 0.121. The van der Waals surface area contributed by atoms with E-state index in [-0.39, 0.29) is 60.0 Å². The molecular weight excluding hydrogens is 751 g/mol. The zero-order chi connectivity index (χ0) is 42.4. The van der Waals surface area contributed by atoms with Gasteiger partial charge in [0.25, 0.3) is 0 Å². The lowest BCUT2D eigenvalue weighted by Crippen LogP contribution is -2.49. The number of carboxylic acids is 1. The Morgan fingerprint density at radius 1 is 0.831 bits per heavy atom. The fourth-order valence-corrected chi connectivity index (χ4v) is 8.12. The Morgan fingerprint density at radius 3 is 2.14 bits per heavy atom. The molecule has 4 aromatic carbocycles. The van der Waals surface area contributed by atoms with Gasteiger partial charge >= 0.3 is 5.97 Å². The summed E-state index contributed by atoms with van der Waals surface area (Å²) in [6.45, 7) is 3.98. The van der Waals surface area contributed by atoms with Crippen LogP contribution in [0.4, 0.5) is 0 Å². The van der Waals surface area contributed by atoms with Gasteiger partial charge < -0.3 is 30.4 Å². The standard InChI is InChI=1S/C47H51N3O9/c1-4-7-29-11-14-31(15-12-29)32-16-18-33(19-17-32)39(51)9-5-10-43(55)50-23-6-8-38(50)46(57)49(3)44-34-20-22-41(53)36(27-34)35-25-30(13-21-40(35)52)26-37(47(58)59)48-45(56)28(2)24-42(44)54/h11-22,25,27-28,37-38,44,52-53H,4-10,23-24,26H2,1-3H3,(H,48,56)(H,58,59)/t28-,37+,38+,44+/m1/s1. The molecule has 6 rings (SSSR count). The number of phenols is 2. The van der Waals surface area contributed by atoms with E-state index in [2.05, 4.69) is 36.5 Å².